The van der Waals surface area contributed by atoms with Crippen LogP contribution in [0.1, 0.15) is 27.3 Å². The van der Waals surface area contributed by atoms with Gasteiger partial charge < -0.3 is 9.47 Å². The van der Waals surface area contributed by atoms with Gasteiger partial charge in [-0.1, -0.05) is 24.3 Å². The Hall–Kier alpha value is -2.86. The molecule has 3 aromatic rings. The van der Waals surface area contributed by atoms with Gasteiger partial charge in [0.15, 0.2) is 0 Å². The quantitative estimate of drug-likeness (QED) is 0.384. The summed E-state index contributed by atoms with van der Waals surface area (Å²) in [6.45, 7) is 2.21. The average Bonchev–Trinajstić information content (AvgIpc) is 3.03. The maximum Gasteiger partial charge on any atom is 0.203 e. The normalized spacial score (nSPS) is 11.0. The van der Waals surface area contributed by atoms with E-state index >= 15 is 0 Å². The molecule has 0 bridgehead atoms. The molecule has 0 spiro atoms. The van der Waals surface area contributed by atoms with Crippen molar-refractivity contribution in [3.8, 4) is 11.5 Å². The molecule has 0 aliphatic heterocycles. The fourth-order valence-electron chi connectivity index (χ4n) is 2.83. The zero-order valence-electron chi connectivity index (χ0n) is 16.0. The zero-order valence-corrected chi connectivity index (χ0v) is 17.6. The van der Waals surface area contributed by atoms with Gasteiger partial charge in [0.05, 0.1) is 17.3 Å². The number of methoxy groups -OCH3 is 1. The maximum absolute atomic E-state index is 12.4. The average molecular weight is 441 g/mol. The van der Waals surface area contributed by atoms with E-state index in [4.69, 9.17) is 9.47 Å². The summed E-state index contributed by atoms with van der Waals surface area (Å²) in [4.78, 5) is 12.4. The van der Waals surface area contributed by atoms with Crippen molar-refractivity contribution in [2.75, 3.05) is 7.11 Å². The van der Waals surface area contributed by atoms with E-state index in [1.165, 1.54) is 0 Å². The molecule has 5 nitrogen and oxygen atoms in total. The molecule has 0 unspecified atom stereocenters. The van der Waals surface area contributed by atoms with Crippen LogP contribution < -0.4 is 9.47 Å². The van der Waals surface area contributed by atoms with Crippen molar-refractivity contribution in [1.29, 1.82) is 0 Å². The number of hydrogen-bond acceptors (Lipinski definition) is 4. The van der Waals surface area contributed by atoms with Crippen molar-refractivity contribution in [2.45, 2.75) is 13.5 Å². The molecule has 1 aromatic heterocycles. The predicted octanol–water partition coefficient (Wildman–Crippen LogP) is 4.97. The number of halogens is 1. The Kier molecular flexibility index (Phi) is 6.31. The van der Waals surface area contributed by atoms with Gasteiger partial charge in [0, 0.05) is 12.6 Å². The fourth-order valence-corrected chi connectivity index (χ4v) is 3.23. The van der Waals surface area contributed by atoms with Crippen molar-refractivity contribution in [3.05, 3.63) is 81.6 Å². The van der Waals surface area contributed by atoms with Crippen molar-refractivity contribution < 1.29 is 14.3 Å². The van der Waals surface area contributed by atoms with E-state index < -0.39 is 0 Å². The van der Waals surface area contributed by atoms with Gasteiger partial charge in [-0.05, 0) is 64.8 Å². The molecule has 0 aliphatic carbocycles. The molecule has 3 rings (SSSR count). The highest BCUT2D eigenvalue weighted by atomic mass is 79.9. The van der Waals surface area contributed by atoms with E-state index in [1.54, 1.807) is 37.1 Å². The Labute approximate surface area is 172 Å². The Bertz CT molecular complexity index is 1020. The van der Waals surface area contributed by atoms with Gasteiger partial charge in [0.1, 0.15) is 23.8 Å². The monoisotopic (exact) mass is 440 g/mol. The highest BCUT2D eigenvalue weighted by Gasteiger charge is 2.10. The Morgan fingerprint density at radius 2 is 1.96 bits per heavy atom. The molecule has 0 saturated heterocycles. The van der Waals surface area contributed by atoms with E-state index in [0.29, 0.717) is 12.3 Å². The number of rotatable bonds is 7. The van der Waals surface area contributed by atoms with Crippen LogP contribution in [0.3, 0.4) is 0 Å². The molecule has 28 heavy (non-hydrogen) atoms. The highest BCUT2D eigenvalue weighted by Crippen LogP contribution is 2.27. The molecule has 0 saturated carbocycles. The third kappa shape index (κ3) is 4.70. The molecule has 0 fully saturated rings. The van der Waals surface area contributed by atoms with Crippen LogP contribution in [0.4, 0.5) is 0 Å². The fraction of sp³-hybridized carbons (Fsp3) is 0.182. The molecular formula is C22H21BrN2O3. The number of para-hydroxylation sites is 1. The van der Waals surface area contributed by atoms with E-state index in [0.717, 1.165) is 32.8 Å². The van der Waals surface area contributed by atoms with Crippen LogP contribution in [0.15, 0.2) is 59.1 Å². The summed E-state index contributed by atoms with van der Waals surface area (Å²) in [6.07, 6.45) is 3.34. The third-order valence-electron chi connectivity index (χ3n) is 4.21. The van der Waals surface area contributed by atoms with E-state index in [9.17, 15) is 4.79 Å². The molecular weight excluding hydrogens is 420 g/mol. The van der Waals surface area contributed by atoms with Gasteiger partial charge in [0.2, 0.25) is 5.78 Å². The molecule has 0 radical (unpaired) electrons. The minimum atomic E-state index is -0.0927. The lowest BCUT2D eigenvalue weighted by Gasteiger charge is -2.12. The van der Waals surface area contributed by atoms with Crippen LogP contribution in [0.2, 0.25) is 0 Å². The number of carbonyl (C=O) groups excluding carboxylic acids is 1. The zero-order chi connectivity index (χ0) is 20.1. The third-order valence-corrected chi connectivity index (χ3v) is 4.86. The van der Waals surface area contributed by atoms with Crippen molar-refractivity contribution in [2.24, 2.45) is 7.05 Å². The Balaban J connectivity index is 1.77. The molecule has 144 valence electrons. The summed E-state index contributed by atoms with van der Waals surface area (Å²) in [6, 6.07) is 15.2. The summed E-state index contributed by atoms with van der Waals surface area (Å²) in [5, 5.41) is 4.21. The van der Waals surface area contributed by atoms with Crippen LogP contribution in [-0.4, -0.2) is 22.7 Å². The van der Waals surface area contributed by atoms with Gasteiger partial charge >= 0.3 is 0 Å². The Morgan fingerprint density at radius 1 is 1.18 bits per heavy atom. The number of aromatic nitrogens is 2. The summed E-state index contributed by atoms with van der Waals surface area (Å²) in [7, 11) is 3.39. The van der Waals surface area contributed by atoms with E-state index in [-0.39, 0.29) is 5.78 Å². The first-order chi connectivity index (χ1) is 13.5. The lowest BCUT2D eigenvalue weighted by atomic mass is 10.1. The number of ether oxygens (including phenoxy) is 2. The SMILES string of the molecule is COc1ccc(/C=C/C(=O)c2cc(C)nn2C)cc1COc1ccccc1Br. The van der Waals surface area contributed by atoms with Crippen LogP contribution in [0, 0.1) is 6.92 Å². The second kappa shape index (κ2) is 8.89. The van der Waals surface area contributed by atoms with E-state index in [1.807, 2.05) is 49.4 Å². The van der Waals surface area contributed by atoms with Crippen molar-refractivity contribution in [1.82, 2.24) is 9.78 Å². The second-order valence-corrected chi connectivity index (χ2v) is 7.14. The summed E-state index contributed by atoms with van der Waals surface area (Å²) < 4.78 is 13.8. The number of benzene rings is 2. The van der Waals surface area contributed by atoms with E-state index in [2.05, 4.69) is 21.0 Å². The molecule has 0 aliphatic rings. The van der Waals surface area contributed by atoms with Gasteiger partial charge in [-0.3, -0.25) is 9.48 Å². The lowest BCUT2D eigenvalue weighted by molar-refractivity contribution is 0.103. The highest BCUT2D eigenvalue weighted by molar-refractivity contribution is 9.10. The van der Waals surface area contributed by atoms with Crippen molar-refractivity contribution in [3.63, 3.8) is 0 Å². The van der Waals surface area contributed by atoms with Crippen LogP contribution in [0.25, 0.3) is 6.08 Å². The molecule has 0 amide bonds. The summed E-state index contributed by atoms with van der Waals surface area (Å²) in [5.74, 6) is 1.40. The topological polar surface area (TPSA) is 53.3 Å². The number of hydrogen-bond donors (Lipinski definition) is 0. The van der Waals surface area contributed by atoms with Crippen LogP contribution in [-0.2, 0) is 13.7 Å². The first-order valence-electron chi connectivity index (χ1n) is 8.75. The molecule has 0 N–H and O–H groups in total. The van der Waals surface area contributed by atoms with Crippen LogP contribution >= 0.6 is 15.9 Å². The molecule has 0 atom stereocenters. The second-order valence-electron chi connectivity index (χ2n) is 6.28. The maximum atomic E-state index is 12.4. The van der Waals surface area contributed by atoms with Crippen LogP contribution in [0.5, 0.6) is 11.5 Å². The Morgan fingerprint density at radius 3 is 2.64 bits per heavy atom. The summed E-state index contributed by atoms with van der Waals surface area (Å²) in [5.41, 5.74) is 3.15. The minimum absolute atomic E-state index is 0.0927. The van der Waals surface area contributed by atoms with Gasteiger partial charge in [-0.25, -0.2) is 0 Å². The minimum Gasteiger partial charge on any atom is -0.496 e. The number of aryl methyl sites for hydroxylation is 2. The first kappa shape index (κ1) is 19.9. The smallest absolute Gasteiger partial charge is 0.203 e. The first-order valence-corrected chi connectivity index (χ1v) is 9.54. The molecule has 2 aromatic carbocycles. The number of allylic oxidation sites excluding steroid dienone is 1. The van der Waals surface area contributed by atoms with Crippen molar-refractivity contribution >= 4 is 27.8 Å². The lowest BCUT2D eigenvalue weighted by Crippen LogP contribution is -2.04. The number of ketones is 1. The number of carbonyl (C=O) groups is 1. The molecule has 6 heteroatoms. The summed E-state index contributed by atoms with van der Waals surface area (Å²) >= 11 is 3.48. The number of nitrogens with zero attached hydrogens (tertiary/aromatic N) is 2. The molecule has 1 heterocycles. The largest absolute Gasteiger partial charge is 0.496 e. The van der Waals surface area contributed by atoms with Gasteiger partial charge in [-0.15, -0.1) is 0 Å². The van der Waals surface area contributed by atoms with Gasteiger partial charge in [-0.2, -0.15) is 5.10 Å². The standard InChI is InChI=1S/C22H21BrN2O3/c1-15-12-19(25(2)24-15)20(26)10-8-16-9-11-21(27-3)17(13-16)14-28-22-7-5-4-6-18(22)23/h4-13H,14H2,1-3H3/b10-8+. The predicted molar refractivity (Wildman–Crippen MR) is 113 cm³/mol. The van der Waals surface area contributed by atoms with Gasteiger partial charge in [0.25, 0.3) is 0 Å².